The largest absolute Gasteiger partial charge is 0.496 e. The lowest BCUT2D eigenvalue weighted by molar-refractivity contribution is -0.126. The zero-order valence-electron chi connectivity index (χ0n) is 23.1. The molecule has 3 aromatic carbocycles. The minimum absolute atomic E-state index is 0.116. The van der Waals surface area contributed by atoms with Crippen LogP contribution in [0.25, 0.3) is 0 Å². The summed E-state index contributed by atoms with van der Waals surface area (Å²) < 4.78 is 5.37. The number of thioether (sulfide) groups is 1. The van der Waals surface area contributed by atoms with Crippen molar-refractivity contribution in [3.05, 3.63) is 89.5 Å². The predicted molar refractivity (Wildman–Crippen MR) is 162 cm³/mol. The number of aryl methyl sites for hydroxylation is 1. The number of carbonyl (C=O) groups excluding carboxylic acids is 3. The second-order valence-corrected chi connectivity index (χ2v) is 10.9. The molecule has 0 saturated carbocycles. The molecule has 0 aliphatic carbocycles. The number of methoxy groups -OCH3 is 1. The summed E-state index contributed by atoms with van der Waals surface area (Å²) in [5, 5.41) is 5.86. The van der Waals surface area contributed by atoms with Crippen molar-refractivity contribution in [1.29, 1.82) is 0 Å². The maximum atomic E-state index is 13.3. The van der Waals surface area contributed by atoms with Crippen LogP contribution in [0.3, 0.4) is 0 Å². The molecule has 210 valence electrons. The van der Waals surface area contributed by atoms with Gasteiger partial charge in [-0.2, -0.15) is 4.99 Å². The van der Waals surface area contributed by atoms with Crippen LogP contribution in [0.5, 0.6) is 5.75 Å². The molecular weight excluding hydrogens is 538 g/mol. The van der Waals surface area contributed by atoms with Gasteiger partial charge in [0.2, 0.25) is 11.8 Å². The predicted octanol–water partition coefficient (Wildman–Crippen LogP) is 4.82. The number of benzene rings is 3. The number of fused-ring (bicyclic) bond motifs is 3. The SMILES string of the molecule is CCC(SC1=Nc2ccccc2C2=NC(=O)C(CC(=O)NCc3ccccc3OC)N12)C(=O)Nc1cccc(C)c1. The highest BCUT2D eigenvalue weighted by molar-refractivity contribution is 8.15. The first-order chi connectivity index (χ1) is 19.9. The molecule has 41 heavy (non-hydrogen) atoms. The van der Waals surface area contributed by atoms with E-state index in [0.717, 1.165) is 11.1 Å². The van der Waals surface area contributed by atoms with Gasteiger partial charge in [0.15, 0.2) is 5.17 Å². The number of ether oxygens (including phenoxy) is 1. The Balaban J connectivity index is 1.36. The molecule has 3 amide bonds. The molecule has 10 heteroatoms. The van der Waals surface area contributed by atoms with Gasteiger partial charge in [-0.1, -0.05) is 61.2 Å². The maximum absolute atomic E-state index is 13.3. The van der Waals surface area contributed by atoms with E-state index in [1.54, 1.807) is 12.0 Å². The molecule has 0 saturated heterocycles. The van der Waals surface area contributed by atoms with E-state index in [-0.39, 0.29) is 24.8 Å². The van der Waals surface area contributed by atoms with Crippen LogP contribution in [-0.2, 0) is 20.9 Å². The van der Waals surface area contributed by atoms with Crippen molar-refractivity contribution < 1.29 is 19.1 Å². The van der Waals surface area contributed by atoms with Crippen LogP contribution in [-0.4, -0.2) is 52.0 Å². The van der Waals surface area contributed by atoms with E-state index < -0.39 is 17.2 Å². The Morgan fingerprint density at radius 1 is 1.05 bits per heavy atom. The van der Waals surface area contributed by atoms with Crippen LogP contribution in [0, 0.1) is 6.92 Å². The number of nitrogens with zero attached hydrogens (tertiary/aromatic N) is 3. The summed E-state index contributed by atoms with van der Waals surface area (Å²) in [5.41, 5.74) is 3.95. The molecule has 2 heterocycles. The Bertz CT molecular complexity index is 1550. The Morgan fingerprint density at radius 2 is 1.83 bits per heavy atom. The first-order valence-corrected chi connectivity index (χ1v) is 14.3. The number of amides is 3. The molecule has 9 nitrogen and oxygen atoms in total. The maximum Gasteiger partial charge on any atom is 0.271 e. The Kier molecular flexibility index (Phi) is 8.49. The quantitative estimate of drug-likeness (QED) is 0.382. The molecule has 2 unspecified atom stereocenters. The zero-order valence-corrected chi connectivity index (χ0v) is 23.9. The number of anilines is 1. The molecule has 3 aromatic rings. The van der Waals surface area contributed by atoms with Gasteiger partial charge in [-0.15, -0.1) is 0 Å². The first kappa shape index (κ1) is 28.1. The van der Waals surface area contributed by atoms with Crippen molar-refractivity contribution in [2.45, 2.75) is 44.5 Å². The normalized spacial score (nSPS) is 16.2. The number of rotatable bonds is 9. The van der Waals surface area contributed by atoms with Gasteiger partial charge in [0.25, 0.3) is 5.91 Å². The van der Waals surface area contributed by atoms with Crippen LogP contribution < -0.4 is 15.4 Å². The fraction of sp³-hybridized carbons (Fsp3) is 0.258. The van der Waals surface area contributed by atoms with Crippen LogP contribution in [0.1, 0.15) is 36.5 Å². The summed E-state index contributed by atoms with van der Waals surface area (Å²) in [5.74, 6) is 0.218. The van der Waals surface area contributed by atoms with Crippen LogP contribution in [0.4, 0.5) is 11.4 Å². The topological polar surface area (TPSA) is 112 Å². The van der Waals surface area contributed by atoms with Gasteiger partial charge in [0.05, 0.1) is 24.5 Å². The second-order valence-electron chi connectivity index (χ2n) is 9.74. The standard InChI is InChI=1S/C31H31N5O4S/c1-4-26(30(39)33-21-12-9-10-19(2)16-21)41-31-34-23-14-7-6-13-22(23)28-35-29(38)24(36(28)31)17-27(37)32-18-20-11-5-8-15-25(20)40-3/h5-16,24,26H,4,17-18H2,1-3H3,(H,32,37)(H,33,39). The molecule has 2 aliphatic rings. The summed E-state index contributed by atoms with van der Waals surface area (Å²) >= 11 is 1.27. The monoisotopic (exact) mass is 569 g/mol. The lowest BCUT2D eigenvalue weighted by Crippen LogP contribution is -2.46. The van der Waals surface area contributed by atoms with E-state index in [2.05, 4.69) is 15.6 Å². The third kappa shape index (κ3) is 6.17. The third-order valence-corrected chi connectivity index (χ3v) is 8.18. The van der Waals surface area contributed by atoms with Gasteiger partial charge in [-0.05, 0) is 49.2 Å². The number of hydrogen-bond donors (Lipinski definition) is 2. The summed E-state index contributed by atoms with van der Waals surface area (Å²) in [6.45, 7) is 4.15. The average Bonchev–Trinajstić information content (AvgIpc) is 3.30. The number of para-hydroxylation sites is 2. The molecule has 0 fully saturated rings. The van der Waals surface area contributed by atoms with Crippen molar-refractivity contribution in [3.8, 4) is 5.75 Å². The number of hydrogen-bond acceptors (Lipinski definition) is 7. The summed E-state index contributed by atoms with van der Waals surface area (Å²) in [6, 6.07) is 21.6. The Labute approximate surface area is 243 Å². The van der Waals surface area contributed by atoms with Gasteiger partial charge in [-0.25, -0.2) is 4.99 Å². The summed E-state index contributed by atoms with van der Waals surface area (Å²) in [4.78, 5) is 50.4. The van der Waals surface area contributed by atoms with E-state index in [0.29, 0.717) is 40.1 Å². The Hall–Kier alpha value is -4.44. The summed E-state index contributed by atoms with van der Waals surface area (Å²) in [7, 11) is 1.58. The minimum Gasteiger partial charge on any atom is -0.496 e. The molecule has 0 aromatic heterocycles. The molecule has 2 atom stereocenters. The van der Waals surface area contributed by atoms with Crippen molar-refractivity contribution in [2.24, 2.45) is 9.98 Å². The summed E-state index contributed by atoms with van der Waals surface area (Å²) in [6.07, 6.45) is 0.413. The van der Waals surface area contributed by atoms with Crippen LogP contribution in [0.15, 0.2) is 82.8 Å². The van der Waals surface area contributed by atoms with E-state index >= 15 is 0 Å². The van der Waals surface area contributed by atoms with Crippen molar-refractivity contribution in [2.75, 3.05) is 12.4 Å². The highest BCUT2D eigenvalue weighted by atomic mass is 32.2. The Morgan fingerprint density at radius 3 is 2.61 bits per heavy atom. The van der Waals surface area contributed by atoms with Gasteiger partial charge >= 0.3 is 0 Å². The number of aliphatic imine (C=N–C) groups is 2. The number of carbonyl (C=O) groups is 3. The van der Waals surface area contributed by atoms with Gasteiger partial charge in [0, 0.05) is 23.4 Å². The molecule has 2 aliphatic heterocycles. The second kappa shape index (κ2) is 12.4. The van der Waals surface area contributed by atoms with Gasteiger partial charge in [0.1, 0.15) is 17.6 Å². The van der Waals surface area contributed by atoms with Gasteiger partial charge in [-0.3, -0.25) is 19.3 Å². The molecule has 2 N–H and O–H groups in total. The van der Waals surface area contributed by atoms with Crippen molar-refractivity contribution in [3.63, 3.8) is 0 Å². The van der Waals surface area contributed by atoms with E-state index in [1.807, 2.05) is 86.6 Å². The van der Waals surface area contributed by atoms with Crippen molar-refractivity contribution >= 4 is 51.9 Å². The number of nitrogens with one attached hydrogen (secondary N) is 2. The van der Waals surface area contributed by atoms with Crippen molar-refractivity contribution in [1.82, 2.24) is 10.2 Å². The van der Waals surface area contributed by atoms with Gasteiger partial charge < -0.3 is 15.4 Å². The fourth-order valence-electron chi connectivity index (χ4n) is 4.77. The molecular formula is C31H31N5O4S. The highest BCUT2D eigenvalue weighted by Gasteiger charge is 2.43. The van der Waals surface area contributed by atoms with Crippen LogP contribution in [0.2, 0.25) is 0 Å². The average molecular weight is 570 g/mol. The molecule has 5 rings (SSSR count). The van der Waals surface area contributed by atoms with E-state index in [9.17, 15) is 14.4 Å². The van der Waals surface area contributed by atoms with E-state index in [1.165, 1.54) is 11.8 Å². The smallest absolute Gasteiger partial charge is 0.271 e. The molecule has 0 bridgehead atoms. The lowest BCUT2D eigenvalue weighted by Gasteiger charge is -2.32. The molecule has 0 radical (unpaired) electrons. The zero-order chi connectivity index (χ0) is 28.9. The molecule has 0 spiro atoms. The first-order valence-electron chi connectivity index (χ1n) is 13.4. The highest BCUT2D eigenvalue weighted by Crippen LogP contribution is 2.36. The lowest BCUT2D eigenvalue weighted by atomic mass is 10.1. The van der Waals surface area contributed by atoms with E-state index in [4.69, 9.17) is 9.73 Å². The van der Waals surface area contributed by atoms with Crippen LogP contribution >= 0.6 is 11.8 Å². The fourth-order valence-corrected chi connectivity index (χ4v) is 5.83. The third-order valence-electron chi connectivity index (χ3n) is 6.85. The number of amidine groups is 2. The minimum atomic E-state index is -0.875.